The van der Waals surface area contributed by atoms with Crippen molar-refractivity contribution >= 4 is 9.84 Å². The number of rotatable bonds is 4. The van der Waals surface area contributed by atoms with Crippen LogP contribution in [0.4, 0.5) is 0 Å². The van der Waals surface area contributed by atoms with Crippen LogP contribution < -0.4 is 4.74 Å². The summed E-state index contributed by atoms with van der Waals surface area (Å²) >= 11 is 0. The highest BCUT2D eigenvalue weighted by Gasteiger charge is 2.33. The van der Waals surface area contributed by atoms with Gasteiger partial charge in [0.15, 0.2) is 0 Å². The predicted octanol–water partition coefficient (Wildman–Crippen LogP) is 2.64. The van der Waals surface area contributed by atoms with Crippen LogP contribution in [0.3, 0.4) is 0 Å². The molecule has 3 unspecified atom stereocenters. The summed E-state index contributed by atoms with van der Waals surface area (Å²) < 4.78 is 28.7. The number of hydrogen-bond acceptors (Lipinski definition) is 4. The quantitative estimate of drug-likeness (QED) is 0.928. The molecule has 0 aliphatic heterocycles. The zero-order valence-electron chi connectivity index (χ0n) is 12.9. The van der Waals surface area contributed by atoms with E-state index in [0.717, 1.165) is 29.7 Å². The average molecular weight is 312 g/mol. The maximum atomic E-state index is 11.7. The van der Waals surface area contributed by atoms with Gasteiger partial charge in [-0.3, -0.25) is 0 Å². The van der Waals surface area contributed by atoms with Crippen LogP contribution in [0.5, 0.6) is 5.75 Å². The van der Waals surface area contributed by atoms with Gasteiger partial charge in [-0.1, -0.05) is 12.5 Å². The Morgan fingerprint density at radius 1 is 1.33 bits per heavy atom. The van der Waals surface area contributed by atoms with E-state index in [4.69, 9.17) is 4.74 Å². The van der Waals surface area contributed by atoms with Crippen LogP contribution in [0, 0.1) is 12.8 Å². The van der Waals surface area contributed by atoms with E-state index in [1.54, 1.807) is 7.11 Å². The van der Waals surface area contributed by atoms with Crippen molar-refractivity contribution in [1.82, 2.24) is 0 Å². The fourth-order valence-electron chi connectivity index (χ4n) is 3.21. The number of aryl methyl sites for hydroxylation is 1. The Morgan fingerprint density at radius 3 is 2.62 bits per heavy atom. The van der Waals surface area contributed by atoms with Gasteiger partial charge in [0.05, 0.1) is 18.5 Å². The van der Waals surface area contributed by atoms with Gasteiger partial charge in [-0.25, -0.2) is 8.42 Å². The summed E-state index contributed by atoms with van der Waals surface area (Å²) in [5.74, 6) is 0.801. The lowest BCUT2D eigenvalue weighted by Crippen LogP contribution is -2.30. The lowest BCUT2D eigenvalue weighted by atomic mass is 9.82. The standard InChI is InChI=1S/C16H24O4S/c1-11-9-13(7-8-15(11)20-2)16(17)12-5-4-6-14(10-12)21(3,18)19/h7-9,12,14,16-17H,4-6,10H2,1-3H3. The monoisotopic (exact) mass is 312 g/mol. The summed E-state index contributed by atoms with van der Waals surface area (Å²) in [5.41, 5.74) is 1.82. The summed E-state index contributed by atoms with van der Waals surface area (Å²) in [7, 11) is -1.40. The van der Waals surface area contributed by atoms with Crippen LogP contribution in [0.1, 0.15) is 42.9 Å². The van der Waals surface area contributed by atoms with E-state index in [0.29, 0.717) is 12.8 Å². The Hall–Kier alpha value is -1.07. The molecular weight excluding hydrogens is 288 g/mol. The van der Waals surface area contributed by atoms with Gasteiger partial charge in [-0.05, 0) is 55.4 Å². The molecule has 0 heterocycles. The van der Waals surface area contributed by atoms with Crippen LogP contribution in [-0.2, 0) is 9.84 Å². The molecule has 0 spiro atoms. The number of ether oxygens (including phenoxy) is 1. The maximum Gasteiger partial charge on any atom is 0.150 e. The second-order valence-corrected chi connectivity index (χ2v) is 8.38. The molecule has 1 aliphatic carbocycles. The zero-order chi connectivity index (χ0) is 15.6. The van der Waals surface area contributed by atoms with Crippen molar-refractivity contribution in [2.24, 2.45) is 5.92 Å². The highest BCUT2D eigenvalue weighted by Crippen LogP contribution is 2.37. The summed E-state index contributed by atoms with van der Waals surface area (Å²) in [5, 5.41) is 10.3. The van der Waals surface area contributed by atoms with Crippen LogP contribution in [0.15, 0.2) is 18.2 Å². The van der Waals surface area contributed by atoms with Gasteiger partial charge in [0.25, 0.3) is 0 Å². The summed E-state index contributed by atoms with van der Waals surface area (Å²) in [4.78, 5) is 0. The molecule has 1 N–H and O–H groups in total. The van der Waals surface area contributed by atoms with Crippen molar-refractivity contribution in [3.05, 3.63) is 29.3 Å². The number of aliphatic hydroxyl groups excluding tert-OH is 1. The van der Waals surface area contributed by atoms with Crippen LogP contribution in [-0.4, -0.2) is 32.1 Å². The molecule has 0 aromatic heterocycles. The third-order valence-corrected chi connectivity index (χ3v) is 6.12. The molecule has 1 aromatic carbocycles. The molecule has 1 aromatic rings. The molecule has 0 saturated heterocycles. The van der Waals surface area contributed by atoms with Crippen LogP contribution >= 0.6 is 0 Å². The molecule has 4 nitrogen and oxygen atoms in total. The molecule has 118 valence electrons. The van der Waals surface area contributed by atoms with Gasteiger partial charge in [-0.2, -0.15) is 0 Å². The van der Waals surface area contributed by atoms with Crippen molar-refractivity contribution in [2.75, 3.05) is 13.4 Å². The molecule has 2 rings (SSSR count). The predicted molar refractivity (Wildman–Crippen MR) is 83.3 cm³/mol. The molecule has 0 radical (unpaired) electrons. The van der Waals surface area contributed by atoms with Gasteiger partial charge in [0.2, 0.25) is 0 Å². The zero-order valence-corrected chi connectivity index (χ0v) is 13.7. The first kappa shape index (κ1) is 16.3. The smallest absolute Gasteiger partial charge is 0.150 e. The van der Waals surface area contributed by atoms with E-state index >= 15 is 0 Å². The van der Waals surface area contributed by atoms with Crippen molar-refractivity contribution in [2.45, 2.75) is 44.0 Å². The summed E-state index contributed by atoms with van der Waals surface area (Å²) in [6.07, 6.45) is 3.67. The second-order valence-electron chi connectivity index (χ2n) is 6.05. The van der Waals surface area contributed by atoms with E-state index in [2.05, 4.69) is 0 Å². The third-order valence-electron chi connectivity index (χ3n) is 4.48. The Balaban J connectivity index is 2.16. The molecule has 1 aliphatic rings. The highest BCUT2D eigenvalue weighted by atomic mass is 32.2. The van der Waals surface area contributed by atoms with E-state index in [1.807, 2.05) is 25.1 Å². The minimum Gasteiger partial charge on any atom is -0.496 e. The molecule has 3 atom stereocenters. The van der Waals surface area contributed by atoms with Crippen molar-refractivity contribution < 1.29 is 18.3 Å². The molecule has 0 bridgehead atoms. The second kappa shape index (κ2) is 6.36. The van der Waals surface area contributed by atoms with Crippen molar-refractivity contribution in [3.63, 3.8) is 0 Å². The number of sulfone groups is 1. The maximum absolute atomic E-state index is 11.7. The molecule has 0 amide bonds. The molecule has 1 fully saturated rings. The van der Waals surface area contributed by atoms with Crippen LogP contribution in [0.2, 0.25) is 0 Å². The Morgan fingerprint density at radius 2 is 2.05 bits per heavy atom. The number of aliphatic hydroxyl groups is 1. The molecular formula is C16H24O4S. The van der Waals surface area contributed by atoms with Crippen molar-refractivity contribution in [1.29, 1.82) is 0 Å². The average Bonchev–Trinajstić information content (AvgIpc) is 2.45. The summed E-state index contributed by atoms with van der Waals surface area (Å²) in [6.45, 7) is 1.94. The minimum atomic E-state index is -3.02. The Labute approximate surface area is 127 Å². The minimum absolute atomic E-state index is 0.00581. The Bertz CT molecular complexity index is 594. The SMILES string of the molecule is COc1ccc(C(O)C2CCCC(S(C)(=O)=O)C2)cc1C. The lowest BCUT2D eigenvalue weighted by molar-refractivity contribution is 0.0856. The normalized spacial score (nSPS) is 24.6. The Kier molecular flexibility index (Phi) is 4.94. The summed E-state index contributed by atoms with van der Waals surface area (Å²) in [6, 6.07) is 5.64. The van der Waals surface area contributed by atoms with E-state index < -0.39 is 15.9 Å². The first-order chi connectivity index (χ1) is 9.82. The van der Waals surface area contributed by atoms with Gasteiger partial charge in [0, 0.05) is 6.26 Å². The number of benzene rings is 1. The number of methoxy groups -OCH3 is 1. The fraction of sp³-hybridized carbons (Fsp3) is 0.625. The van der Waals surface area contributed by atoms with E-state index in [9.17, 15) is 13.5 Å². The van der Waals surface area contributed by atoms with Crippen LogP contribution in [0.25, 0.3) is 0 Å². The topological polar surface area (TPSA) is 63.6 Å². The third kappa shape index (κ3) is 3.77. The van der Waals surface area contributed by atoms with E-state index in [-0.39, 0.29) is 11.2 Å². The highest BCUT2D eigenvalue weighted by molar-refractivity contribution is 7.91. The van der Waals surface area contributed by atoms with E-state index in [1.165, 1.54) is 6.26 Å². The largest absolute Gasteiger partial charge is 0.496 e. The van der Waals surface area contributed by atoms with Gasteiger partial charge < -0.3 is 9.84 Å². The molecule has 5 heteroatoms. The van der Waals surface area contributed by atoms with Crippen molar-refractivity contribution in [3.8, 4) is 5.75 Å². The fourth-order valence-corrected chi connectivity index (χ4v) is 4.41. The number of hydrogen-bond donors (Lipinski definition) is 1. The van der Waals surface area contributed by atoms with Gasteiger partial charge in [-0.15, -0.1) is 0 Å². The van der Waals surface area contributed by atoms with Gasteiger partial charge >= 0.3 is 0 Å². The molecule has 1 saturated carbocycles. The lowest BCUT2D eigenvalue weighted by Gasteiger charge is -2.31. The molecule has 21 heavy (non-hydrogen) atoms. The van der Waals surface area contributed by atoms with Gasteiger partial charge in [0.1, 0.15) is 15.6 Å². The first-order valence-corrected chi connectivity index (χ1v) is 9.30. The first-order valence-electron chi connectivity index (χ1n) is 7.34.